The minimum absolute atomic E-state index is 0.137. The summed E-state index contributed by atoms with van der Waals surface area (Å²) in [6.45, 7) is 3.57. The van der Waals surface area contributed by atoms with Crippen LogP contribution in [0.1, 0.15) is 13.8 Å². The first kappa shape index (κ1) is 15.9. The molecule has 3 aromatic rings. The number of amides is 1. The van der Waals surface area contributed by atoms with E-state index in [2.05, 4.69) is 5.32 Å². The molecule has 0 saturated heterocycles. The molecule has 2 aromatic carbocycles. The van der Waals surface area contributed by atoms with Crippen molar-refractivity contribution >= 4 is 22.6 Å². The summed E-state index contributed by atoms with van der Waals surface area (Å²) in [5, 5.41) is 3.07. The lowest BCUT2D eigenvalue weighted by Gasteiger charge is -2.09. The maximum absolute atomic E-state index is 13.9. The first-order chi connectivity index (χ1) is 11.5. The predicted octanol–water partition coefficient (Wildman–Crippen LogP) is 4.19. The van der Waals surface area contributed by atoms with E-state index in [0.29, 0.717) is 16.7 Å². The van der Waals surface area contributed by atoms with Gasteiger partial charge >= 0.3 is 0 Å². The van der Waals surface area contributed by atoms with Crippen molar-refractivity contribution in [3.63, 3.8) is 0 Å². The van der Waals surface area contributed by atoms with Gasteiger partial charge in [0.2, 0.25) is 5.91 Å². The van der Waals surface area contributed by atoms with E-state index in [1.165, 1.54) is 12.1 Å². The van der Waals surface area contributed by atoms with Gasteiger partial charge in [0, 0.05) is 17.7 Å². The number of benzene rings is 2. The first-order valence-electron chi connectivity index (χ1n) is 7.59. The smallest absolute Gasteiger partial charge is 0.226 e. The van der Waals surface area contributed by atoms with Crippen LogP contribution in [0.3, 0.4) is 0 Å². The second kappa shape index (κ2) is 6.28. The molecule has 0 aliphatic rings. The summed E-state index contributed by atoms with van der Waals surface area (Å²) in [6, 6.07) is 12.2. The van der Waals surface area contributed by atoms with Crippen molar-refractivity contribution in [1.82, 2.24) is 0 Å². The molecule has 0 aliphatic heterocycles. The zero-order valence-electron chi connectivity index (χ0n) is 13.3. The van der Waals surface area contributed by atoms with Crippen LogP contribution in [-0.4, -0.2) is 5.91 Å². The minimum Gasteiger partial charge on any atom is -0.456 e. The molecule has 0 radical (unpaired) electrons. The van der Waals surface area contributed by atoms with Crippen LogP contribution >= 0.6 is 0 Å². The second-order valence-corrected chi connectivity index (χ2v) is 5.81. The van der Waals surface area contributed by atoms with Crippen molar-refractivity contribution in [3.8, 4) is 11.3 Å². The monoisotopic (exact) mass is 325 g/mol. The topological polar surface area (TPSA) is 59.3 Å². The number of carbonyl (C=O) groups is 1. The van der Waals surface area contributed by atoms with Gasteiger partial charge in [0.1, 0.15) is 17.2 Å². The lowest BCUT2D eigenvalue weighted by Crippen LogP contribution is -2.17. The van der Waals surface area contributed by atoms with Crippen molar-refractivity contribution in [3.05, 3.63) is 64.6 Å². The molecule has 5 heteroatoms. The van der Waals surface area contributed by atoms with Gasteiger partial charge in [-0.25, -0.2) is 4.39 Å². The van der Waals surface area contributed by atoms with Gasteiger partial charge in [0.05, 0.1) is 10.9 Å². The lowest BCUT2D eigenvalue weighted by molar-refractivity contribution is -0.118. The number of anilines is 1. The Bertz CT molecular complexity index is 976. The number of halogens is 1. The van der Waals surface area contributed by atoms with Crippen molar-refractivity contribution in [2.24, 2.45) is 5.92 Å². The molecule has 0 saturated carbocycles. The van der Waals surface area contributed by atoms with Crippen LogP contribution in [0.4, 0.5) is 10.1 Å². The number of nitrogens with one attached hydrogen (secondary N) is 1. The number of rotatable bonds is 3. The molecule has 122 valence electrons. The third kappa shape index (κ3) is 3.06. The average molecular weight is 325 g/mol. The Hall–Kier alpha value is -2.95. The molecule has 0 unspecified atom stereocenters. The summed E-state index contributed by atoms with van der Waals surface area (Å²) >= 11 is 0. The van der Waals surface area contributed by atoms with Crippen LogP contribution in [0, 0.1) is 11.7 Å². The van der Waals surface area contributed by atoms with Gasteiger partial charge in [-0.2, -0.15) is 0 Å². The SMILES string of the molecule is CC(C)C(=O)Nc1ccc2oc(-c3ccccc3F)cc(=O)c2c1. The van der Waals surface area contributed by atoms with E-state index in [4.69, 9.17) is 4.42 Å². The summed E-state index contributed by atoms with van der Waals surface area (Å²) in [6.07, 6.45) is 0. The van der Waals surface area contributed by atoms with Crippen LogP contribution in [0.15, 0.2) is 57.7 Å². The van der Waals surface area contributed by atoms with Gasteiger partial charge in [0.25, 0.3) is 0 Å². The quantitative estimate of drug-likeness (QED) is 0.785. The Morgan fingerprint density at radius 3 is 2.58 bits per heavy atom. The molecule has 24 heavy (non-hydrogen) atoms. The maximum atomic E-state index is 13.9. The molecule has 0 spiro atoms. The molecule has 0 aliphatic carbocycles. The van der Waals surface area contributed by atoms with E-state index in [1.54, 1.807) is 50.2 Å². The van der Waals surface area contributed by atoms with E-state index in [9.17, 15) is 14.0 Å². The highest BCUT2D eigenvalue weighted by molar-refractivity contribution is 5.94. The number of carbonyl (C=O) groups excluding carboxylic acids is 1. The molecule has 1 amide bonds. The van der Waals surface area contributed by atoms with E-state index in [1.807, 2.05) is 0 Å². The van der Waals surface area contributed by atoms with Crippen LogP contribution in [0.2, 0.25) is 0 Å². The summed E-state index contributed by atoms with van der Waals surface area (Å²) in [7, 11) is 0. The van der Waals surface area contributed by atoms with Crippen molar-refractivity contribution in [1.29, 1.82) is 0 Å². The van der Waals surface area contributed by atoms with E-state index in [-0.39, 0.29) is 28.6 Å². The zero-order chi connectivity index (χ0) is 17.3. The number of fused-ring (bicyclic) bond motifs is 1. The molecule has 4 nitrogen and oxygen atoms in total. The third-order valence-corrected chi connectivity index (χ3v) is 3.66. The minimum atomic E-state index is -0.458. The zero-order valence-corrected chi connectivity index (χ0v) is 13.3. The van der Waals surface area contributed by atoms with Crippen LogP contribution in [-0.2, 0) is 4.79 Å². The van der Waals surface area contributed by atoms with Crippen molar-refractivity contribution in [2.45, 2.75) is 13.8 Å². The van der Waals surface area contributed by atoms with E-state index < -0.39 is 5.82 Å². The van der Waals surface area contributed by atoms with Crippen LogP contribution in [0.25, 0.3) is 22.3 Å². The molecule has 1 aromatic heterocycles. The summed E-state index contributed by atoms with van der Waals surface area (Å²) < 4.78 is 19.5. The lowest BCUT2D eigenvalue weighted by atomic mass is 10.1. The van der Waals surface area contributed by atoms with Crippen molar-refractivity contribution in [2.75, 3.05) is 5.32 Å². The largest absolute Gasteiger partial charge is 0.456 e. The summed E-state index contributed by atoms with van der Waals surface area (Å²) in [5.74, 6) is -0.590. The second-order valence-electron chi connectivity index (χ2n) is 5.81. The Morgan fingerprint density at radius 2 is 1.88 bits per heavy atom. The number of hydrogen-bond acceptors (Lipinski definition) is 3. The first-order valence-corrected chi connectivity index (χ1v) is 7.59. The molecule has 0 fully saturated rings. The Morgan fingerprint density at radius 1 is 1.12 bits per heavy atom. The number of hydrogen-bond donors (Lipinski definition) is 1. The maximum Gasteiger partial charge on any atom is 0.226 e. The van der Waals surface area contributed by atoms with Crippen LogP contribution < -0.4 is 10.7 Å². The van der Waals surface area contributed by atoms with Gasteiger partial charge in [-0.15, -0.1) is 0 Å². The molecule has 1 N–H and O–H groups in total. The highest BCUT2D eigenvalue weighted by Crippen LogP contribution is 2.25. The highest BCUT2D eigenvalue weighted by Gasteiger charge is 2.12. The summed E-state index contributed by atoms with van der Waals surface area (Å²) in [5.41, 5.74) is 0.791. The fourth-order valence-electron chi connectivity index (χ4n) is 2.31. The van der Waals surface area contributed by atoms with Crippen molar-refractivity contribution < 1.29 is 13.6 Å². The Kier molecular flexibility index (Phi) is 4.16. The Balaban J connectivity index is 2.06. The molecule has 1 heterocycles. The average Bonchev–Trinajstić information content (AvgIpc) is 2.55. The summed E-state index contributed by atoms with van der Waals surface area (Å²) in [4.78, 5) is 24.1. The van der Waals surface area contributed by atoms with E-state index >= 15 is 0 Å². The normalized spacial score (nSPS) is 11.0. The molecule has 3 rings (SSSR count). The molecule has 0 bridgehead atoms. The highest BCUT2D eigenvalue weighted by atomic mass is 19.1. The fraction of sp³-hybridized carbons (Fsp3) is 0.158. The molecular weight excluding hydrogens is 309 g/mol. The van der Waals surface area contributed by atoms with Gasteiger partial charge in [0.15, 0.2) is 5.43 Å². The van der Waals surface area contributed by atoms with E-state index in [0.717, 1.165) is 0 Å². The fourth-order valence-corrected chi connectivity index (χ4v) is 2.31. The molecular formula is C19H16FNO3. The predicted molar refractivity (Wildman–Crippen MR) is 91.3 cm³/mol. The van der Waals surface area contributed by atoms with Crippen LogP contribution in [0.5, 0.6) is 0 Å². The van der Waals surface area contributed by atoms with Gasteiger partial charge < -0.3 is 9.73 Å². The standard InChI is InChI=1S/C19H16FNO3/c1-11(2)19(23)21-12-7-8-17-14(9-12)16(22)10-18(24-17)13-5-3-4-6-15(13)20/h3-11H,1-2H3,(H,21,23). The molecule has 0 atom stereocenters. The van der Waals surface area contributed by atoms with Gasteiger partial charge in [-0.3, -0.25) is 9.59 Å². The Labute approximate surface area is 137 Å². The van der Waals surface area contributed by atoms with Gasteiger partial charge in [-0.1, -0.05) is 26.0 Å². The van der Waals surface area contributed by atoms with Gasteiger partial charge in [-0.05, 0) is 30.3 Å². The third-order valence-electron chi connectivity index (χ3n) is 3.66.